The number of amides is 3. The second kappa shape index (κ2) is 12.2. The Hall–Kier alpha value is -3.88. The van der Waals surface area contributed by atoms with Gasteiger partial charge in [0.25, 0.3) is 5.91 Å². The van der Waals surface area contributed by atoms with E-state index in [9.17, 15) is 14.4 Å². The summed E-state index contributed by atoms with van der Waals surface area (Å²) in [5, 5.41) is 9.12. The quantitative estimate of drug-likeness (QED) is 0.306. The number of hydrogen-bond acceptors (Lipinski definition) is 6. The zero-order valence-corrected chi connectivity index (χ0v) is 19.6. The summed E-state index contributed by atoms with van der Waals surface area (Å²) in [6, 6.07) is 8.95. The second-order valence-electron chi connectivity index (χ2n) is 7.48. The minimum Gasteiger partial charge on any atom is -0.493 e. The van der Waals surface area contributed by atoms with Crippen LogP contribution in [-0.2, 0) is 14.4 Å². The molecule has 0 heterocycles. The first-order valence-electron chi connectivity index (χ1n) is 10.5. The molecule has 0 bridgehead atoms. The summed E-state index contributed by atoms with van der Waals surface area (Å²) in [5.74, 6) is -1.12. The summed E-state index contributed by atoms with van der Waals surface area (Å²) in [7, 11) is 1.47. The molecule has 0 fully saturated rings. The maximum Gasteiger partial charge on any atom is 0.329 e. The molecule has 9 heteroatoms. The highest BCUT2D eigenvalue weighted by atomic mass is 16.5. The first-order chi connectivity index (χ1) is 15.7. The fraction of sp³-hybridized carbons (Fsp3) is 0.333. The normalized spacial score (nSPS) is 10.6. The molecule has 0 aliphatic heterocycles. The van der Waals surface area contributed by atoms with E-state index in [0.717, 1.165) is 28.8 Å². The number of ether oxygens (including phenoxy) is 2. The molecular weight excluding hydrogens is 424 g/mol. The van der Waals surface area contributed by atoms with Gasteiger partial charge in [0.05, 0.1) is 13.3 Å². The molecule has 0 aliphatic carbocycles. The number of hydrazone groups is 1. The van der Waals surface area contributed by atoms with Crippen molar-refractivity contribution in [3.05, 3.63) is 52.6 Å². The van der Waals surface area contributed by atoms with Crippen LogP contribution in [0.4, 0.5) is 5.69 Å². The molecule has 0 radical (unpaired) electrons. The third kappa shape index (κ3) is 7.64. The molecule has 0 spiro atoms. The molecule has 33 heavy (non-hydrogen) atoms. The fourth-order valence-electron chi connectivity index (χ4n) is 3.11. The number of rotatable bonds is 9. The number of anilines is 1. The van der Waals surface area contributed by atoms with Crippen molar-refractivity contribution in [3.63, 3.8) is 0 Å². The first-order valence-corrected chi connectivity index (χ1v) is 10.5. The topological polar surface area (TPSA) is 118 Å². The lowest BCUT2D eigenvalue weighted by Gasteiger charge is -2.14. The summed E-state index contributed by atoms with van der Waals surface area (Å²) in [6.45, 7) is 8.00. The SMILES string of the molecule is CCCNC(=O)C(=O)N/N=C\c1ccc(OCC(=O)Nc2c(C)cc(C)cc2C)c(OC)c1. The van der Waals surface area contributed by atoms with Crippen molar-refractivity contribution in [1.82, 2.24) is 10.7 Å². The number of carbonyl (C=O) groups excluding carboxylic acids is 3. The van der Waals surface area contributed by atoms with Crippen molar-refractivity contribution in [2.24, 2.45) is 5.10 Å². The van der Waals surface area contributed by atoms with Crippen molar-refractivity contribution >= 4 is 29.6 Å². The van der Waals surface area contributed by atoms with Crippen molar-refractivity contribution in [2.75, 3.05) is 25.6 Å². The van der Waals surface area contributed by atoms with Crippen molar-refractivity contribution in [1.29, 1.82) is 0 Å². The summed E-state index contributed by atoms with van der Waals surface area (Å²) in [4.78, 5) is 35.5. The number of aryl methyl sites for hydroxylation is 3. The Morgan fingerprint density at radius 1 is 1.00 bits per heavy atom. The van der Waals surface area contributed by atoms with E-state index in [2.05, 4.69) is 21.2 Å². The van der Waals surface area contributed by atoms with E-state index < -0.39 is 11.8 Å². The lowest BCUT2D eigenvalue weighted by atomic mass is 10.1. The molecule has 2 rings (SSSR count). The molecule has 0 saturated carbocycles. The van der Waals surface area contributed by atoms with Gasteiger partial charge in [0.1, 0.15) is 0 Å². The van der Waals surface area contributed by atoms with Crippen LogP contribution in [0.25, 0.3) is 0 Å². The molecule has 3 N–H and O–H groups in total. The average molecular weight is 455 g/mol. The Balaban J connectivity index is 1.96. The molecule has 2 aromatic carbocycles. The van der Waals surface area contributed by atoms with E-state index in [1.54, 1.807) is 18.2 Å². The molecule has 0 unspecified atom stereocenters. The van der Waals surface area contributed by atoms with Crippen LogP contribution in [0.1, 0.15) is 35.6 Å². The Bertz CT molecular complexity index is 1030. The van der Waals surface area contributed by atoms with Crippen LogP contribution in [0.15, 0.2) is 35.4 Å². The van der Waals surface area contributed by atoms with Crippen LogP contribution in [0.2, 0.25) is 0 Å². The van der Waals surface area contributed by atoms with Crippen molar-refractivity contribution < 1.29 is 23.9 Å². The third-order valence-corrected chi connectivity index (χ3v) is 4.61. The monoisotopic (exact) mass is 454 g/mol. The number of nitrogens with one attached hydrogen (secondary N) is 3. The van der Waals surface area contributed by atoms with Gasteiger partial charge in [-0.25, -0.2) is 5.43 Å². The molecule has 2 aromatic rings. The number of carbonyl (C=O) groups is 3. The van der Waals surface area contributed by atoms with Crippen LogP contribution in [0.3, 0.4) is 0 Å². The zero-order valence-electron chi connectivity index (χ0n) is 19.6. The van der Waals surface area contributed by atoms with Crippen LogP contribution in [0.5, 0.6) is 11.5 Å². The van der Waals surface area contributed by atoms with Gasteiger partial charge in [0, 0.05) is 12.2 Å². The number of nitrogens with zero attached hydrogens (tertiary/aromatic N) is 1. The zero-order chi connectivity index (χ0) is 24.4. The molecule has 0 aliphatic rings. The first kappa shape index (κ1) is 25.4. The maximum absolute atomic E-state index is 12.4. The standard InChI is InChI=1S/C24H30N4O5/c1-6-9-25-23(30)24(31)28-26-13-18-7-8-19(20(12-18)32-5)33-14-21(29)27-22-16(3)10-15(2)11-17(22)4/h7-8,10-13H,6,9,14H2,1-5H3,(H,25,30)(H,27,29)(H,28,31)/b26-13-. The fourth-order valence-corrected chi connectivity index (χ4v) is 3.11. The van der Waals surface area contributed by atoms with Gasteiger partial charge in [-0.15, -0.1) is 0 Å². The Kier molecular flexibility index (Phi) is 9.41. The Labute approximate surface area is 193 Å². The minimum atomic E-state index is -0.850. The lowest BCUT2D eigenvalue weighted by molar-refractivity contribution is -0.139. The van der Waals surface area contributed by atoms with Gasteiger partial charge < -0.3 is 20.1 Å². The molecule has 9 nitrogen and oxygen atoms in total. The average Bonchev–Trinajstić information content (AvgIpc) is 2.78. The van der Waals surface area contributed by atoms with Crippen LogP contribution < -0.4 is 25.5 Å². The summed E-state index contributed by atoms with van der Waals surface area (Å²) < 4.78 is 11.0. The molecule has 0 atom stereocenters. The highest BCUT2D eigenvalue weighted by molar-refractivity contribution is 6.35. The summed E-state index contributed by atoms with van der Waals surface area (Å²) in [5.41, 5.74) is 6.64. The highest BCUT2D eigenvalue weighted by Crippen LogP contribution is 2.28. The third-order valence-electron chi connectivity index (χ3n) is 4.61. The van der Waals surface area contributed by atoms with Gasteiger partial charge in [-0.1, -0.05) is 24.6 Å². The van der Waals surface area contributed by atoms with E-state index in [0.29, 0.717) is 23.6 Å². The van der Waals surface area contributed by atoms with Crippen molar-refractivity contribution in [2.45, 2.75) is 34.1 Å². The van der Waals surface area contributed by atoms with Gasteiger partial charge in [0.2, 0.25) is 0 Å². The number of methoxy groups -OCH3 is 1. The predicted octanol–water partition coefficient (Wildman–Crippen LogP) is 2.61. The van der Waals surface area contributed by atoms with Crippen molar-refractivity contribution in [3.8, 4) is 11.5 Å². The summed E-state index contributed by atoms with van der Waals surface area (Å²) >= 11 is 0. The molecule has 0 saturated heterocycles. The van der Waals surface area contributed by atoms with E-state index in [4.69, 9.17) is 9.47 Å². The van der Waals surface area contributed by atoms with Gasteiger partial charge in [-0.2, -0.15) is 5.10 Å². The Morgan fingerprint density at radius 3 is 2.33 bits per heavy atom. The van der Waals surface area contributed by atoms with E-state index in [1.807, 2.05) is 39.8 Å². The second-order valence-corrected chi connectivity index (χ2v) is 7.48. The van der Waals surface area contributed by atoms with E-state index in [1.165, 1.54) is 13.3 Å². The molecule has 176 valence electrons. The number of hydrogen-bond donors (Lipinski definition) is 3. The highest BCUT2D eigenvalue weighted by Gasteiger charge is 2.12. The summed E-state index contributed by atoms with van der Waals surface area (Å²) in [6.07, 6.45) is 2.09. The minimum absolute atomic E-state index is 0.195. The van der Waals surface area contributed by atoms with Gasteiger partial charge in [-0.05, 0) is 62.1 Å². The van der Waals surface area contributed by atoms with Crippen LogP contribution in [-0.4, -0.2) is 44.2 Å². The molecular formula is C24H30N4O5. The number of benzene rings is 2. The lowest BCUT2D eigenvalue weighted by Crippen LogP contribution is -2.38. The molecule has 0 aromatic heterocycles. The maximum atomic E-state index is 12.4. The van der Waals surface area contributed by atoms with E-state index in [-0.39, 0.29) is 12.5 Å². The van der Waals surface area contributed by atoms with Crippen LogP contribution in [0, 0.1) is 20.8 Å². The molecule has 3 amide bonds. The smallest absolute Gasteiger partial charge is 0.329 e. The van der Waals surface area contributed by atoms with E-state index >= 15 is 0 Å². The largest absolute Gasteiger partial charge is 0.493 e. The van der Waals surface area contributed by atoms with Crippen LogP contribution >= 0.6 is 0 Å². The van der Waals surface area contributed by atoms with Gasteiger partial charge in [-0.3, -0.25) is 14.4 Å². The van der Waals surface area contributed by atoms with Gasteiger partial charge >= 0.3 is 11.8 Å². The van der Waals surface area contributed by atoms with Gasteiger partial charge in [0.15, 0.2) is 18.1 Å². The predicted molar refractivity (Wildman–Crippen MR) is 127 cm³/mol. The Morgan fingerprint density at radius 2 is 1.70 bits per heavy atom.